The van der Waals surface area contributed by atoms with Crippen molar-refractivity contribution < 1.29 is 19.2 Å². The fourth-order valence-corrected chi connectivity index (χ4v) is 1.25. The van der Waals surface area contributed by atoms with Crippen LogP contribution in [0.1, 0.15) is 33.4 Å². The Morgan fingerprint density at radius 1 is 1.37 bits per heavy atom. The minimum absolute atomic E-state index is 0.214. The third-order valence-corrected chi connectivity index (χ3v) is 3.44. The molecule has 0 bridgehead atoms. The molecule has 0 fully saturated rings. The molecule has 1 aromatic heterocycles. The summed E-state index contributed by atoms with van der Waals surface area (Å²) in [6.45, 7) is 6.67. The summed E-state index contributed by atoms with van der Waals surface area (Å²) >= 11 is 0. The van der Waals surface area contributed by atoms with Crippen LogP contribution < -0.4 is 10.6 Å². The van der Waals surface area contributed by atoms with Crippen molar-refractivity contribution in [3.05, 3.63) is 18.0 Å². The summed E-state index contributed by atoms with van der Waals surface area (Å²) < 4.78 is 4.63. The molecule has 0 radical (unpaired) electrons. The van der Waals surface area contributed by atoms with Crippen LogP contribution in [0.4, 0.5) is 4.79 Å². The number of carbonyl (C=O) groups is 2. The Morgan fingerprint density at radius 3 is 2.47 bits per heavy atom. The van der Waals surface area contributed by atoms with Gasteiger partial charge in [-0.3, -0.25) is 4.79 Å². The van der Waals surface area contributed by atoms with Gasteiger partial charge >= 0.3 is 12.0 Å². The van der Waals surface area contributed by atoms with Gasteiger partial charge < -0.3 is 20.3 Å². The Bertz CT molecular complexity index is 452. The number of urea groups is 1. The number of aromatic nitrogens is 1. The second-order valence-corrected chi connectivity index (χ2v) is 5.35. The average molecular weight is 269 g/mol. The third kappa shape index (κ3) is 3.46. The maximum absolute atomic E-state index is 11.7. The molecule has 1 rings (SSSR count). The number of hydrogen-bond donors (Lipinski definition) is 3. The number of aliphatic carboxylic acids is 1. The Hall–Kier alpha value is -2.05. The van der Waals surface area contributed by atoms with Crippen molar-refractivity contribution in [1.82, 2.24) is 15.8 Å². The summed E-state index contributed by atoms with van der Waals surface area (Å²) in [5.74, 6) is -0.977. The van der Waals surface area contributed by atoms with E-state index in [2.05, 4.69) is 20.3 Å². The molecule has 19 heavy (non-hydrogen) atoms. The number of carboxylic acid groups (broad SMARTS) is 1. The molecule has 0 aliphatic carbocycles. The van der Waals surface area contributed by atoms with Gasteiger partial charge in [-0.15, -0.1) is 0 Å². The number of nitrogens with one attached hydrogen (secondary N) is 2. The van der Waals surface area contributed by atoms with Gasteiger partial charge in [-0.25, -0.2) is 4.79 Å². The lowest BCUT2D eigenvalue weighted by Gasteiger charge is -2.38. The molecule has 7 heteroatoms. The minimum Gasteiger partial charge on any atom is -0.481 e. The van der Waals surface area contributed by atoms with E-state index in [1.54, 1.807) is 33.8 Å². The van der Waals surface area contributed by atoms with Gasteiger partial charge in [0.05, 0.1) is 17.5 Å². The minimum atomic E-state index is -1.10. The van der Waals surface area contributed by atoms with Crippen molar-refractivity contribution in [2.75, 3.05) is 0 Å². The summed E-state index contributed by atoms with van der Waals surface area (Å²) in [5, 5.41) is 18.1. The van der Waals surface area contributed by atoms with Crippen LogP contribution in [0.15, 0.2) is 16.9 Å². The van der Waals surface area contributed by atoms with Crippen LogP contribution in [0, 0.1) is 5.41 Å². The predicted molar refractivity (Wildman–Crippen MR) is 67.4 cm³/mol. The van der Waals surface area contributed by atoms with E-state index in [1.807, 2.05) is 0 Å². The zero-order chi connectivity index (χ0) is 14.7. The Balaban J connectivity index is 2.58. The van der Waals surface area contributed by atoms with Crippen LogP contribution in [-0.4, -0.2) is 27.8 Å². The van der Waals surface area contributed by atoms with Crippen LogP contribution in [-0.2, 0) is 11.3 Å². The Kier molecular flexibility index (Phi) is 4.18. The molecule has 0 aliphatic heterocycles. The summed E-state index contributed by atoms with van der Waals surface area (Å²) in [6.07, 6.45) is 1.41. The van der Waals surface area contributed by atoms with Crippen molar-refractivity contribution in [3.63, 3.8) is 0 Å². The highest BCUT2D eigenvalue weighted by atomic mass is 16.5. The van der Waals surface area contributed by atoms with Crippen LogP contribution in [0.5, 0.6) is 0 Å². The van der Waals surface area contributed by atoms with Gasteiger partial charge in [0.2, 0.25) is 0 Å². The summed E-state index contributed by atoms with van der Waals surface area (Å²) in [5.41, 5.74) is -1.42. The quantitative estimate of drug-likeness (QED) is 0.748. The molecular weight excluding hydrogens is 250 g/mol. The summed E-state index contributed by atoms with van der Waals surface area (Å²) in [7, 11) is 0. The van der Waals surface area contributed by atoms with Gasteiger partial charge in [-0.1, -0.05) is 5.16 Å². The first-order valence-corrected chi connectivity index (χ1v) is 5.85. The fourth-order valence-electron chi connectivity index (χ4n) is 1.25. The molecule has 0 atom stereocenters. The molecule has 106 valence electrons. The van der Waals surface area contributed by atoms with E-state index in [1.165, 1.54) is 6.26 Å². The Morgan fingerprint density at radius 2 is 2.00 bits per heavy atom. The van der Waals surface area contributed by atoms with Gasteiger partial charge in [-0.2, -0.15) is 0 Å². The topological polar surface area (TPSA) is 104 Å². The zero-order valence-corrected chi connectivity index (χ0v) is 11.5. The van der Waals surface area contributed by atoms with Crippen molar-refractivity contribution in [1.29, 1.82) is 0 Å². The molecule has 1 aromatic rings. The van der Waals surface area contributed by atoms with Gasteiger partial charge in [-0.05, 0) is 27.7 Å². The molecular formula is C12H19N3O4. The normalized spacial score (nSPS) is 12.0. The van der Waals surface area contributed by atoms with E-state index in [9.17, 15) is 14.7 Å². The van der Waals surface area contributed by atoms with Crippen LogP contribution >= 0.6 is 0 Å². The monoisotopic (exact) mass is 269 g/mol. The van der Waals surface area contributed by atoms with E-state index >= 15 is 0 Å². The molecule has 0 aliphatic rings. The van der Waals surface area contributed by atoms with Crippen molar-refractivity contribution in [3.8, 4) is 0 Å². The van der Waals surface area contributed by atoms with E-state index in [0.717, 1.165) is 0 Å². The number of amides is 2. The van der Waals surface area contributed by atoms with Crippen LogP contribution in [0.2, 0.25) is 0 Å². The lowest BCUT2D eigenvalue weighted by atomic mass is 9.74. The van der Waals surface area contributed by atoms with Crippen LogP contribution in [0.25, 0.3) is 0 Å². The standard InChI is InChI=1S/C12H19N3O4/c1-11(2,9(16)17)12(3,4)14-10(18)13-7-8-5-6-19-15-8/h5-6H,7H2,1-4H3,(H,16,17)(H2,13,14,18). The summed E-state index contributed by atoms with van der Waals surface area (Å²) in [6, 6.07) is 1.18. The summed E-state index contributed by atoms with van der Waals surface area (Å²) in [4.78, 5) is 22.9. The van der Waals surface area contributed by atoms with E-state index in [-0.39, 0.29) is 6.54 Å². The first-order chi connectivity index (χ1) is 8.67. The van der Waals surface area contributed by atoms with Crippen LogP contribution in [0.3, 0.4) is 0 Å². The SMILES string of the molecule is CC(C)(NC(=O)NCc1ccon1)C(C)(C)C(=O)O. The third-order valence-electron chi connectivity index (χ3n) is 3.44. The largest absolute Gasteiger partial charge is 0.481 e. The van der Waals surface area contributed by atoms with Gasteiger partial charge in [0.15, 0.2) is 0 Å². The van der Waals surface area contributed by atoms with E-state index in [4.69, 9.17) is 0 Å². The first kappa shape index (κ1) is 15.0. The van der Waals surface area contributed by atoms with E-state index < -0.39 is 23.0 Å². The number of rotatable bonds is 5. The van der Waals surface area contributed by atoms with Crippen molar-refractivity contribution in [2.45, 2.75) is 39.8 Å². The molecule has 0 unspecified atom stereocenters. The molecule has 0 spiro atoms. The lowest BCUT2D eigenvalue weighted by molar-refractivity contribution is -0.150. The smallest absolute Gasteiger partial charge is 0.315 e. The average Bonchev–Trinajstić information content (AvgIpc) is 2.78. The predicted octanol–water partition coefficient (Wildman–Crippen LogP) is 1.36. The molecule has 0 aromatic carbocycles. The zero-order valence-electron chi connectivity index (χ0n) is 11.5. The highest BCUT2D eigenvalue weighted by Crippen LogP contribution is 2.30. The number of hydrogen-bond acceptors (Lipinski definition) is 4. The maximum atomic E-state index is 11.7. The van der Waals surface area contributed by atoms with Crippen molar-refractivity contribution in [2.24, 2.45) is 5.41 Å². The van der Waals surface area contributed by atoms with Crippen molar-refractivity contribution >= 4 is 12.0 Å². The molecule has 2 amide bonds. The van der Waals surface area contributed by atoms with Gasteiger partial charge in [0, 0.05) is 6.07 Å². The van der Waals surface area contributed by atoms with Gasteiger partial charge in [0.25, 0.3) is 0 Å². The fraction of sp³-hybridized carbons (Fsp3) is 0.583. The molecule has 1 heterocycles. The number of carbonyl (C=O) groups excluding carboxylic acids is 1. The molecule has 0 saturated heterocycles. The maximum Gasteiger partial charge on any atom is 0.315 e. The molecule has 3 N–H and O–H groups in total. The molecule has 0 saturated carbocycles. The number of carboxylic acids is 1. The van der Waals surface area contributed by atoms with Gasteiger partial charge in [0.1, 0.15) is 12.0 Å². The second kappa shape index (κ2) is 5.29. The molecule has 7 nitrogen and oxygen atoms in total. The first-order valence-electron chi connectivity index (χ1n) is 5.85. The Labute approximate surface area is 111 Å². The lowest BCUT2D eigenvalue weighted by Crippen LogP contribution is -2.58. The number of nitrogens with zero attached hydrogens (tertiary/aromatic N) is 1. The highest BCUT2D eigenvalue weighted by molar-refractivity contribution is 5.79. The second-order valence-electron chi connectivity index (χ2n) is 5.35. The highest BCUT2D eigenvalue weighted by Gasteiger charge is 2.44. The van der Waals surface area contributed by atoms with E-state index in [0.29, 0.717) is 5.69 Å².